The molecule has 0 aliphatic heterocycles. The van der Waals surface area contributed by atoms with E-state index in [1.54, 1.807) is 0 Å². The first-order valence-electron chi connectivity index (χ1n) is 9.39. The quantitative estimate of drug-likeness (QED) is 0.789. The van der Waals surface area contributed by atoms with Crippen molar-refractivity contribution in [3.05, 3.63) is 0 Å². The van der Waals surface area contributed by atoms with E-state index in [4.69, 9.17) is 10.5 Å². The molecule has 4 bridgehead atoms. The van der Waals surface area contributed by atoms with E-state index in [1.165, 1.54) is 19.3 Å². The molecule has 132 valence electrons. The third-order valence-electron chi connectivity index (χ3n) is 7.49. The number of nitrogens with two attached hydrogens (primary N) is 1. The molecule has 4 rings (SSSR count). The summed E-state index contributed by atoms with van der Waals surface area (Å²) in [4.78, 5) is 13.3. The van der Waals surface area contributed by atoms with Crippen molar-refractivity contribution in [2.24, 2.45) is 34.3 Å². The molecule has 0 saturated heterocycles. The van der Waals surface area contributed by atoms with Crippen molar-refractivity contribution in [2.45, 2.75) is 91.2 Å². The fraction of sp³-hybridized carbons (Fsp3) is 0.950. The smallest absolute Gasteiger partial charge is 0.314 e. The van der Waals surface area contributed by atoms with Gasteiger partial charge in [-0.3, -0.25) is 4.79 Å². The lowest BCUT2D eigenvalue weighted by Gasteiger charge is -2.57. The highest BCUT2D eigenvalue weighted by atomic mass is 16.6. The Balaban J connectivity index is 1.86. The van der Waals surface area contributed by atoms with Crippen LogP contribution < -0.4 is 5.73 Å². The largest absolute Gasteiger partial charge is 0.459 e. The Hall–Kier alpha value is -0.570. The lowest BCUT2D eigenvalue weighted by molar-refractivity contribution is -0.206. The molecule has 0 heterocycles. The van der Waals surface area contributed by atoms with Gasteiger partial charge in [0.1, 0.15) is 5.60 Å². The summed E-state index contributed by atoms with van der Waals surface area (Å²) in [5.41, 5.74) is 4.71. The molecule has 0 spiro atoms. The molecule has 3 nitrogen and oxygen atoms in total. The van der Waals surface area contributed by atoms with Gasteiger partial charge < -0.3 is 10.5 Å². The van der Waals surface area contributed by atoms with Crippen LogP contribution in [0.4, 0.5) is 0 Å². The molecule has 4 fully saturated rings. The van der Waals surface area contributed by atoms with Crippen molar-refractivity contribution in [1.29, 1.82) is 0 Å². The minimum Gasteiger partial charge on any atom is -0.459 e. The molecular formula is C20H35NO2. The highest BCUT2D eigenvalue weighted by molar-refractivity contribution is 5.79. The monoisotopic (exact) mass is 321 g/mol. The summed E-state index contributed by atoms with van der Waals surface area (Å²) in [5, 5.41) is 0. The summed E-state index contributed by atoms with van der Waals surface area (Å²) in [7, 11) is 0. The Morgan fingerprint density at radius 2 is 1.30 bits per heavy atom. The minimum atomic E-state index is -0.705. The zero-order chi connectivity index (χ0) is 17.3. The number of hydrogen-bond acceptors (Lipinski definition) is 3. The van der Waals surface area contributed by atoms with E-state index in [1.807, 2.05) is 20.8 Å². The first-order chi connectivity index (χ1) is 10.4. The van der Waals surface area contributed by atoms with Gasteiger partial charge in [-0.15, -0.1) is 0 Å². The molecule has 0 amide bonds. The van der Waals surface area contributed by atoms with Gasteiger partial charge in [-0.25, -0.2) is 0 Å². The number of hydrogen-bond donors (Lipinski definition) is 1. The Kier molecular flexibility index (Phi) is 3.73. The predicted molar refractivity (Wildman–Crippen MR) is 92.8 cm³/mol. The molecule has 0 aromatic carbocycles. The molecule has 4 saturated carbocycles. The molecule has 4 aliphatic carbocycles. The second-order valence-corrected chi connectivity index (χ2v) is 10.6. The maximum Gasteiger partial charge on any atom is 0.314 e. The highest BCUT2D eigenvalue weighted by Gasteiger charge is 2.59. The van der Waals surface area contributed by atoms with Gasteiger partial charge >= 0.3 is 5.97 Å². The summed E-state index contributed by atoms with van der Waals surface area (Å²) in [6.45, 7) is 12.2. The van der Waals surface area contributed by atoms with Crippen LogP contribution in [-0.4, -0.2) is 17.1 Å². The standard InChI is InChI=1S/C20H35NO2/c1-17(2,3)19(6,18(4,5)21)16(22)23-20-10-13-7-14(11-20)9-15(8-13)12-20/h13-15H,7-12,21H2,1-6H3. The fourth-order valence-corrected chi connectivity index (χ4v) is 5.99. The second-order valence-electron chi connectivity index (χ2n) is 10.6. The first kappa shape index (κ1) is 17.3. The Bertz CT molecular complexity index is 445. The van der Waals surface area contributed by atoms with Gasteiger partial charge in [-0.1, -0.05) is 20.8 Å². The number of rotatable bonds is 3. The third kappa shape index (κ3) is 2.63. The molecule has 0 aromatic heterocycles. The van der Waals surface area contributed by atoms with Crippen molar-refractivity contribution in [3.8, 4) is 0 Å². The molecule has 1 unspecified atom stereocenters. The van der Waals surface area contributed by atoms with E-state index in [2.05, 4.69) is 20.8 Å². The van der Waals surface area contributed by atoms with E-state index in [-0.39, 0.29) is 17.0 Å². The van der Waals surface area contributed by atoms with Crippen LogP contribution in [0.2, 0.25) is 0 Å². The van der Waals surface area contributed by atoms with Gasteiger partial charge in [0.25, 0.3) is 0 Å². The van der Waals surface area contributed by atoms with Crippen LogP contribution in [0.15, 0.2) is 0 Å². The van der Waals surface area contributed by atoms with Gasteiger partial charge in [-0.05, 0) is 82.5 Å². The fourth-order valence-electron chi connectivity index (χ4n) is 5.99. The summed E-state index contributed by atoms with van der Waals surface area (Å²) in [5.74, 6) is 2.25. The molecule has 0 radical (unpaired) electrons. The van der Waals surface area contributed by atoms with Crippen molar-refractivity contribution >= 4 is 5.97 Å². The summed E-state index contributed by atoms with van der Waals surface area (Å²) < 4.78 is 6.35. The molecule has 0 aromatic rings. The summed E-state index contributed by atoms with van der Waals surface area (Å²) >= 11 is 0. The zero-order valence-electron chi connectivity index (χ0n) is 15.9. The zero-order valence-corrected chi connectivity index (χ0v) is 15.9. The molecule has 1 atom stereocenters. The van der Waals surface area contributed by atoms with Crippen molar-refractivity contribution in [3.63, 3.8) is 0 Å². The topological polar surface area (TPSA) is 52.3 Å². The van der Waals surface area contributed by atoms with Crippen LogP contribution >= 0.6 is 0 Å². The van der Waals surface area contributed by atoms with Crippen molar-refractivity contribution in [1.82, 2.24) is 0 Å². The average Bonchev–Trinajstić information content (AvgIpc) is 2.32. The van der Waals surface area contributed by atoms with Crippen molar-refractivity contribution in [2.75, 3.05) is 0 Å². The maximum absolute atomic E-state index is 13.3. The van der Waals surface area contributed by atoms with Gasteiger partial charge in [0.2, 0.25) is 0 Å². The van der Waals surface area contributed by atoms with E-state index in [0.717, 1.165) is 37.0 Å². The molecule has 23 heavy (non-hydrogen) atoms. The van der Waals surface area contributed by atoms with Gasteiger partial charge in [0.15, 0.2) is 0 Å². The second kappa shape index (κ2) is 4.97. The van der Waals surface area contributed by atoms with Crippen molar-refractivity contribution < 1.29 is 9.53 Å². The SMILES string of the molecule is CC(C)(C)C(C)(C(=O)OC12CC3CC(CC(C3)C1)C2)C(C)(C)N. The Labute approximate surface area is 141 Å². The van der Waals surface area contributed by atoms with Gasteiger partial charge in [0.05, 0.1) is 5.41 Å². The first-order valence-corrected chi connectivity index (χ1v) is 9.39. The van der Waals surface area contributed by atoms with Crippen LogP contribution in [0.3, 0.4) is 0 Å². The summed E-state index contributed by atoms with van der Waals surface area (Å²) in [6.07, 6.45) is 7.31. The highest BCUT2D eigenvalue weighted by Crippen LogP contribution is 2.58. The Morgan fingerprint density at radius 3 is 1.61 bits per heavy atom. The van der Waals surface area contributed by atoms with E-state index < -0.39 is 11.0 Å². The average molecular weight is 322 g/mol. The molecule has 2 N–H and O–H groups in total. The number of esters is 1. The molecule has 4 aliphatic rings. The predicted octanol–water partition coefficient (Wildman–Crippen LogP) is 4.29. The lowest BCUT2D eigenvalue weighted by atomic mass is 9.54. The number of carbonyl (C=O) groups excluding carboxylic acids is 1. The van der Waals surface area contributed by atoms with Crippen LogP contribution in [0.1, 0.15) is 80.1 Å². The summed E-state index contributed by atoms with van der Waals surface area (Å²) in [6, 6.07) is 0. The van der Waals surface area contributed by atoms with Crippen LogP contribution in [0.5, 0.6) is 0 Å². The van der Waals surface area contributed by atoms with Gasteiger partial charge in [-0.2, -0.15) is 0 Å². The normalized spacial score (nSPS) is 39.2. The van der Waals surface area contributed by atoms with E-state index in [0.29, 0.717) is 0 Å². The minimum absolute atomic E-state index is 0.0838. The van der Waals surface area contributed by atoms with Crippen LogP contribution in [-0.2, 0) is 9.53 Å². The lowest BCUT2D eigenvalue weighted by Crippen LogP contribution is -2.63. The maximum atomic E-state index is 13.3. The third-order valence-corrected chi connectivity index (χ3v) is 7.49. The van der Waals surface area contributed by atoms with Crippen LogP contribution in [0, 0.1) is 28.6 Å². The molecular weight excluding hydrogens is 286 g/mol. The number of ether oxygens (including phenoxy) is 1. The van der Waals surface area contributed by atoms with E-state index >= 15 is 0 Å². The van der Waals surface area contributed by atoms with E-state index in [9.17, 15) is 4.79 Å². The molecule has 3 heteroatoms. The Morgan fingerprint density at radius 1 is 0.913 bits per heavy atom. The van der Waals surface area contributed by atoms with Gasteiger partial charge in [0, 0.05) is 5.54 Å². The van der Waals surface area contributed by atoms with Crippen LogP contribution in [0.25, 0.3) is 0 Å². The number of carbonyl (C=O) groups is 1.